The first-order valence-corrected chi connectivity index (χ1v) is 8.72. The average Bonchev–Trinajstić information content (AvgIpc) is 2.97. The molecule has 1 aliphatic heterocycles. The van der Waals surface area contributed by atoms with Gasteiger partial charge in [0.05, 0.1) is 10.7 Å². The molecule has 124 valence electrons. The van der Waals surface area contributed by atoms with Crippen molar-refractivity contribution >= 4 is 22.9 Å². The molecule has 24 heavy (non-hydrogen) atoms. The number of hydrogen-bond donors (Lipinski definition) is 0. The van der Waals surface area contributed by atoms with E-state index in [9.17, 15) is 0 Å². The number of benzene rings is 1. The van der Waals surface area contributed by atoms with Gasteiger partial charge in [0.2, 0.25) is 0 Å². The third kappa shape index (κ3) is 3.25. The Labute approximate surface area is 147 Å². The first-order chi connectivity index (χ1) is 11.7. The lowest BCUT2D eigenvalue weighted by molar-refractivity contribution is 0.247. The summed E-state index contributed by atoms with van der Waals surface area (Å²) in [5.74, 6) is 0. The Morgan fingerprint density at radius 2 is 1.88 bits per heavy atom. The Hall–Kier alpha value is -2.04. The van der Waals surface area contributed by atoms with E-state index in [0.29, 0.717) is 0 Å². The van der Waals surface area contributed by atoms with Crippen molar-refractivity contribution in [2.75, 3.05) is 31.1 Å². The molecule has 2 aromatic heterocycles. The van der Waals surface area contributed by atoms with Crippen LogP contribution in [-0.2, 0) is 6.54 Å². The number of imidazole rings is 1. The zero-order valence-corrected chi connectivity index (χ0v) is 14.6. The highest BCUT2D eigenvalue weighted by Gasteiger charge is 2.18. The molecule has 4 nitrogen and oxygen atoms in total. The normalized spacial score (nSPS) is 16.0. The lowest BCUT2D eigenvalue weighted by Crippen LogP contribution is -2.46. The molecule has 0 unspecified atom stereocenters. The lowest BCUT2D eigenvalue weighted by Gasteiger charge is -2.35. The van der Waals surface area contributed by atoms with Crippen molar-refractivity contribution in [1.29, 1.82) is 0 Å². The van der Waals surface area contributed by atoms with Crippen LogP contribution in [0, 0.1) is 6.92 Å². The van der Waals surface area contributed by atoms with Gasteiger partial charge in [-0.25, -0.2) is 4.98 Å². The molecule has 1 aromatic carbocycles. The Bertz CT molecular complexity index is 849. The van der Waals surface area contributed by atoms with Crippen molar-refractivity contribution in [1.82, 2.24) is 14.3 Å². The summed E-state index contributed by atoms with van der Waals surface area (Å²) in [6.45, 7) is 7.27. The number of fused-ring (bicyclic) bond motifs is 1. The zero-order chi connectivity index (χ0) is 16.5. The Morgan fingerprint density at radius 1 is 1.04 bits per heavy atom. The van der Waals surface area contributed by atoms with Gasteiger partial charge >= 0.3 is 0 Å². The molecule has 5 heteroatoms. The average molecular weight is 341 g/mol. The van der Waals surface area contributed by atoms with E-state index < -0.39 is 0 Å². The number of aryl methyl sites for hydroxylation is 1. The fourth-order valence-electron chi connectivity index (χ4n) is 3.31. The molecule has 0 bridgehead atoms. The smallest absolute Gasteiger partial charge is 0.137 e. The van der Waals surface area contributed by atoms with Crippen LogP contribution in [0.15, 0.2) is 48.8 Å². The molecule has 0 radical (unpaired) electrons. The monoisotopic (exact) mass is 340 g/mol. The van der Waals surface area contributed by atoms with Crippen LogP contribution in [0.25, 0.3) is 5.65 Å². The second-order valence-electron chi connectivity index (χ2n) is 6.45. The maximum absolute atomic E-state index is 6.04. The van der Waals surface area contributed by atoms with Crippen LogP contribution in [0.1, 0.15) is 11.3 Å². The van der Waals surface area contributed by atoms with Crippen molar-refractivity contribution in [3.63, 3.8) is 0 Å². The van der Waals surface area contributed by atoms with Gasteiger partial charge in [0.1, 0.15) is 5.65 Å². The summed E-state index contributed by atoms with van der Waals surface area (Å²) in [5.41, 5.74) is 4.70. The van der Waals surface area contributed by atoms with Crippen LogP contribution in [0.5, 0.6) is 0 Å². The Kier molecular flexibility index (Phi) is 4.17. The quantitative estimate of drug-likeness (QED) is 0.727. The van der Waals surface area contributed by atoms with Crippen molar-refractivity contribution < 1.29 is 0 Å². The van der Waals surface area contributed by atoms with Crippen LogP contribution < -0.4 is 4.90 Å². The zero-order valence-electron chi connectivity index (χ0n) is 13.8. The van der Waals surface area contributed by atoms with E-state index in [2.05, 4.69) is 52.2 Å². The van der Waals surface area contributed by atoms with Gasteiger partial charge in [-0.05, 0) is 36.8 Å². The first-order valence-electron chi connectivity index (χ1n) is 8.34. The van der Waals surface area contributed by atoms with E-state index in [1.807, 2.05) is 22.7 Å². The minimum atomic E-state index is 0.734. The molecule has 3 aromatic rings. The number of nitrogens with zero attached hydrogens (tertiary/aromatic N) is 4. The Balaban J connectivity index is 1.40. The molecule has 0 spiro atoms. The molecule has 1 saturated heterocycles. The molecule has 0 aliphatic carbocycles. The summed E-state index contributed by atoms with van der Waals surface area (Å²) in [4.78, 5) is 9.62. The number of aromatic nitrogens is 2. The predicted molar refractivity (Wildman–Crippen MR) is 98.9 cm³/mol. The van der Waals surface area contributed by atoms with Gasteiger partial charge in [-0.15, -0.1) is 0 Å². The fraction of sp³-hybridized carbons (Fsp3) is 0.316. The summed E-state index contributed by atoms with van der Waals surface area (Å²) >= 11 is 6.04. The van der Waals surface area contributed by atoms with E-state index in [4.69, 9.17) is 11.6 Å². The van der Waals surface area contributed by atoms with Crippen LogP contribution in [-0.4, -0.2) is 40.5 Å². The minimum absolute atomic E-state index is 0.734. The molecular formula is C19H21ClN4. The van der Waals surface area contributed by atoms with Crippen molar-refractivity contribution in [2.24, 2.45) is 0 Å². The molecular weight excluding hydrogens is 320 g/mol. The number of hydrogen-bond acceptors (Lipinski definition) is 3. The lowest BCUT2D eigenvalue weighted by atomic mass is 10.2. The van der Waals surface area contributed by atoms with E-state index >= 15 is 0 Å². The number of anilines is 1. The maximum Gasteiger partial charge on any atom is 0.137 e. The van der Waals surface area contributed by atoms with E-state index in [0.717, 1.165) is 49.1 Å². The van der Waals surface area contributed by atoms with Gasteiger partial charge in [0.25, 0.3) is 0 Å². The van der Waals surface area contributed by atoms with Crippen LogP contribution in [0.3, 0.4) is 0 Å². The van der Waals surface area contributed by atoms with Gasteiger partial charge in [-0.1, -0.05) is 23.7 Å². The number of rotatable bonds is 3. The third-order valence-electron chi connectivity index (χ3n) is 4.59. The minimum Gasteiger partial charge on any atom is -0.369 e. The van der Waals surface area contributed by atoms with Gasteiger partial charge < -0.3 is 9.30 Å². The highest BCUT2D eigenvalue weighted by atomic mass is 35.5. The van der Waals surface area contributed by atoms with Gasteiger partial charge in [0.15, 0.2) is 0 Å². The summed E-state index contributed by atoms with van der Waals surface area (Å²) < 4.78 is 2.00. The number of piperazine rings is 1. The third-order valence-corrected chi connectivity index (χ3v) is 4.81. The second kappa shape index (κ2) is 6.46. The standard InChI is InChI=1S/C19H21ClN4/c1-15-3-2-4-18(11-15)23-9-7-22(8-10-23)13-17-14-24-12-16(20)5-6-19(24)21-17/h2-6,11-12,14H,7-10,13H2,1H3. The van der Waals surface area contributed by atoms with Crippen LogP contribution in [0.4, 0.5) is 5.69 Å². The molecule has 0 saturated carbocycles. The molecule has 3 heterocycles. The summed E-state index contributed by atoms with van der Waals surface area (Å²) in [6.07, 6.45) is 3.98. The van der Waals surface area contributed by atoms with E-state index in [-0.39, 0.29) is 0 Å². The largest absolute Gasteiger partial charge is 0.369 e. The van der Waals surface area contributed by atoms with Crippen molar-refractivity contribution in [3.05, 3.63) is 65.1 Å². The van der Waals surface area contributed by atoms with E-state index in [1.165, 1.54) is 11.3 Å². The molecule has 0 amide bonds. The van der Waals surface area contributed by atoms with Crippen LogP contribution >= 0.6 is 11.6 Å². The second-order valence-corrected chi connectivity index (χ2v) is 6.88. The summed E-state index contributed by atoms with van der Waals surface area (Å²) in [7, 11) is 0. The predicted octanol–water partition coefficient (Wildman–Crippen LogP) is 3.62. The summed E-state index contributed by atoms with van der Waals surface area (Å²) in [5, 5.41) is 0.734. The van der Waals surface area contributed by atoms with Gasteiger partial charge in [0, 0.05) is 50.8 Å². The van der Waals surface area contributed by atoms with Crippen molar-refractivity contribution in [3.8, 4) is 0 Å². The molecule has 4 rings (SSSR count). The van der Waals surface area contributed by atoms with Crippen molar-refractivity contribution in [2.45, 2.75) is 13.5 Å². The van der Waals surface area contributed by atoms with E-state index in [1.54, 1.807) is 0 Å². The first kappa shape index (κ1) is 15.5. The SMILES string of the molecule is Cc1cccc(N2CCN(Cc3cn4cc(Cl)ccc4n3)CC2)c1. The topological polar surface area (TPSA) is 23.8 Å². The molecule has 0 atom stereocenters. The molecule has 1 fully saturated rings. The maximum atomic E-state index is 6.04. The summed E-state index contributed by atoms with van der Waals surface area (Å²) in [6, 6.07) is 12.6. The fourth-order valence-corrected chi connectivity index (χ4v) is 3.48. The Morgan fingerprint density at radius 3 is 2.67 bits per heavy atom. The van der Waals surface area contributed by atoms with Gasteiger partial charge in [-0.2, -0.15) is 0 Å². The molecule has 0 N–H and O–H groups in total. The number of halogens is 1. The molecule has 1 aliphatic rings. The number of pyridine rings is 1. The highest BCUT2D eigenvalue weighted by molar-refractivity contribution is 6.30. The van der Waals surface area contributed by atoms with Crippen LogP contribution in [0.2, 0.25) is 5.02 Å². The van der Waals surface area contributed by atoms with Gasteiger partial charge in [-0.3, -0.25) is 4.90 Å². The highest BCUT2D eigenvalue weighted by Crippen LogP contribution is 2.19.